The first-order valence-electron chi connectivity index (χ1n) is 19.0. The molecule has 0 heterocycles. The van der Waals surface area contributed by atoms with E-state index in [0.717, 1.165) is 40.7 Å². The summed E-state index contributed by atoms with van der Waals surface area (Å²) in [5, 5.41) is 0. The molecule has 0 aliphatic heterocycles. The Labute approximate surface area is 333 Å². The molecule has 6 aromatic carbocycles. The van der Waals surface area contributed by atoms with Gasteiger partial charge in [0, 0.05) is 5.41 Å². The largest absolute Gasteiger partial charge is 0.486 e. The van der Waals surface area contributed by atoms with Gasteiger partial charge in [0.05, 0.1) is 19.6 Å². The van der Waals surface area contributed by atoms with Crippen LogP contribution in [0.25, 0.3) is 0 Å². The average molecular weight is 787 g/mol. The molecule has 6 rings (SSSR count). The smallest absolute Gasteiger partial charge is 0.206 e. The quantitative estimate of drug-likeness (QED) is 0.109. The monoisotopic (exact) mass is 786 g/mol. The molecule has 0 radical (unpaired) electrons. The summed E-state index contributed by atoms with van der Waals surface area (Å²) in [4.78, 5) is 1.01. The van der Waals surface area contributed by atoms with Crippen LogP contribution >= 0.6 is 0 Å². The molecule has 6 nitrogen and oxygen atoms in total. The highest BCUT2D eigenvalue weighted by Gasteiger charge is 2.26. The Morgan fingerprint density at radius 3 is 1.25 bits per heavy atom. The number of ether oxygens (including phenoxy) is 2. The maximum absolute atomic E-state index is 13.4. The summed E-state index contributed by atoms with van der Waals surface area (Å²) >= 11 is 0. The lowest BCUT2D eigenvalue weighted by molar-refractivity contribution is 0.227. The third-order valence-electron chi connectivity index (χ3n) is 11.2. The molecule has 56 heavy (non-hydrogen) atoms. The van der Waals surface area contributed by atoms with E-state index in [9.17, 15) is 16.8 Å². The van der Waals surface area contributed by atoms with E-state index in [2.05, 4.69) is 46.8 Å². The Morgan fingerprint density at radius 1 is 0.482 bits per heavy atom. The van der Waals surface area contributed by atoms with E-state index < -0.39 is 19.7 Å². The van der Waals surface area contributed by atoms with Crippen LogP contribution in [0.3, 0.4) is 0 Å². The van der Waals surface area contributed by atoms with Gasteiger partial charge >= 0.3 is 0 Å². The van der Waals surface area contributed by atoms with Gasteiger partial charge < -0.3 is 9.47 Å². The third-order valence-corrected chi connectivity index (χ3v) is 14.8. The predicted octanol–water partition coefficient (Wildman–Crippen LogP) is 12.0. The molecule has 0 N–H and O–H groups in total. The van der Waals surface area contributed by atoms with Crippen molar-refractivity contribution in [2.75, 3.05) is 0 Å². The maximum Gasteiger partial charge on any atom is 0.206 e. The fourth-order valence-corrected chi connectivity index (χ4v) is 9.28. The van der Waals surface area contributed by atoms with E-state index in [0.29, 0.717) is 17.2 Å². The first-order valence-corrected chi connectivity index (χ1v) is 22.0. The number of hydrogen-bond acceptors (Lipinski definition) is 6. The molecular weight excluding hydrogens is 737 g/mol. The van der Waals surface area contributed by atoms with Crippen LogP contribution in [0.4, 0.5) is 0 Å². The van der Waals surface area contributed by atoms with Gasteiger partial charge in [-0.2, -0.15) is 0 Å². The van der Waals surface area contributed by atoms with Crippen molar-refractivity contribution in [2.24, 2.45) is 0 Å². The van der Waals surface area contributed by atoms with Crippen LogP contribution in [0.15, 0.2) is 165 Å². The second-order valence-corrected chi connectivity index (χ2v) is 19.1. The number of sulfone groups is 2. The van der Waals surface area contributed by atoms with Crippen molar-refractivity contribution < 1.29 is 26.3 Å². The van der Waals surface area contributed by atoms with Gasteiger partial charge in [0.25, 0.3) is 0 Å². The Bertz CT molecular complexity index is 2470. The molecule has 8 heteroatoms. The summed E-state index contributed by atoms with van der Waals surface area (Å²) in [6, 6.07) is 43.5. The lowest BCUT2D eigenvalue weighted by atomic mass is 9.78. The van der Waals surface area contributed by atoms with Gasteiger partial charge in [0.15, 0.2) is 0 Å². The summed E-state index contributed by atoms with van der Waals surface area (Å²) < 4.78 is 65.3. The normalized spacial score (nSPS) is 12.9. The van der Waals surface area contributed by atoms with E-state index in [1.165, 1.54) is 0 Å². The highest BCUT2D eigenvalue weighted by atomic mass is 32.2. The molecule has 0 saturated carbocycles. The summed E-state index contributed by atoms with van der Waals surface area (Å²) in [7, 11) is -7.27. The highest BCUT2D eigenvalue weighted by Crippen LogP contribution is 2.36. The molecule has 0 bridgehead atoms. The van der Waals surface area contributed by atoms with Crippen molar-refractivity contribution in [2.45, 2.75) is 97.8 Å². The molecule has 0 spiro atoms. The van der Waals surface area contributed by atoms with E-state index in [1.54, 1.807) is 84.9 Å². The lowest BCUT2D eigenvalue weighted by Crippen LogP contribution is -2.19. The maximum atomic E-state index is 13.4. The molecule has 0 aliphatic rings. The van der Waals surface area contributed by atoms with E-state index in [-0.39, 0.29) is 36.5 Å². The van der Waals surface area contributed by atoms with Gasteiger partial charge in [-0.25, -0.2) is 16.8 Å². The van der Waals surface area contributed by atoms with Crippen LogP contribution in [0.1, 0.15) is 88.3 Å². The third kappa shape index (κ3) is 8.47. The fourth-order valence-electron chi connectivity index (χ4n) is 6.75. The summed E-state index contributed by atoms with van der Waals surface area (Å²) in [5.74, 6) is 1.89. The minimum Gasteiger partial charge on any atom is -0.486 e. The van der Waals surface area contributed by atoms with Gasteiger partial charge in [0.2, 0.25) is 19.7 Å². The van der Waals surface area contributed by atoms with E-state index >= 15 is 0 Å². The van der Waals surface area contributed by atoms with Crippen LogP contribution in [-0.4, -0.2) is 16.8 Å². The zero-order valence-corrected chi connectivity index (χ0v) is 34.7. The summed E-state index contributed by atoms with van der Waals surface area (Å²) in [5.41, 5.74) is 4.92. The van der Waals surface area contributed by atoms with Crippen LogP contribution in [0.5, 0.6) is 17.2 Å². The van der Waals surface area contributed by atoms with Crippen molar-refractivity contribution in [3.8, 4) is 17.2 Å². The minimum atomic E-state index is -3.67. The highest BCUT2D eigenvalue weighted by molar-refractivity contribution is 7.91. The van der Waals surface area contributed by atoms with Gasteiger partial charge in [-0.05, 0) is 139 Å². The predicted molar refractivity (Wildman–Crippen MR) is 223 cm³/mol. The molecule has 0 aromatic heterocycles. The second kappa shape index (κ2) is 16.1. The molecule has 0 saturated heterocycles. The van der Waals surface area contributed by atoms with Crippen molar-refractivity contribution in [3.63, 3.8) is 0 Å². The Morgan fingerprint density at radius 2 is 0.821 bits per heavy atom. The second-order valence-electron chi connectivity index (χ2n) is 15.2. The number of hydrogen-bond donors (Lipinski definition) is 0. The zero-order chi connectivity index (χ0) is 40.3. The van der Waals surface area contributed by atoms with Crippen LogP contribution < -0.4 is 9.47 Å². The minimum absolute atomic E-state index is 0.0207. The molecule has 1 unspecified atom stereocenters. The molecule has 6 aromatic rings. The van der Waals surface area contributed by atoms with Gasteiger partial charge in [-0.3, -0.25) is 0 Å². The van der Waals surface area contributed by atoms with Crippen LogP contribution in [-0.2, 0) is 30.5 Å². The lowest BCUT2D eigenvalue weighted by Gasteiger charge is -2.27. The summed E-state index contributed by atoms with van der Waals surface area (Å²) in [6.07, 6.45) is 1.67. The van der Waals surface area contributed by atoms with Gasteiger partial charge in [-0.15, -0.1) is 0 Å². The number of rotatable bonds is 14. The first-order chi connectivity index (χ1) is 26.6. The molecule has 1 atom stereocenters. The SMILES string of the molecule is CCC(C)(CC)c1ccc(S(=O)(=O)c2ccc(Oc3ccc(C(C)(C)c4ccc(OC(C)c5ccc(S(=O)(=O)c6ccc(C)cc6)cc5)cc4)cc3)cc2)cc1. The zero-order valence-electron chi connectivity index (χ0n) is 33.1. The Balaban J connectivity index is 1.06. The summed E-state index contributed by atoms with van der Waals surface area (Å²) in [6.45, 7) is 14.7. The van der Waals surface area contributed by atoms with Crippen molar-refractivity contribution in [1.82, 2.24) is 0 Å². The number of aryl methyl sites for hydroxylation is 1. The molecule has 0 amide bonds. The topological polar surface area (TPSA) is 86.7 Å². The van der Waals surface area contributed by atoms with Gasteiger partial charge in [0.1, 0.15) is 23.4 Å². The average Bonchev–Trinajstić information content (AvgIpc) is 3.21. The van der Waals surface area contributed by atoms with Crippen molar-refractivity contribution in [1.29, 1.82) is 0 Å². The fraction of sp³-hybridized carbons (Fsp3) is 0.250. The van der Waals surface area contributed by atoms with Crippen molar-refractivity contribution >= 4 is 19.7 Å². The van der Waals surface area contributed by atoms with E-state index in [4.69, 9.17) is 9.47 Å². The first kappa shape index (κ1) is 40.5. The Hall–Kier alpha value is -5.18. The standard InChI is InChI=1S/C48H50O6S2/c1-8-48(7,9-2)39-18-30-45(31-19-39)56(51,52)46-32-24-42(25-33-46)54-41-22-16-38(17-23-41)47(5,6)37-14-20-40(21-15-37)53-35(4)36-12-28-44(29-13-36)55(49,50)43-26-10-34(3)11-27-43/h10-33,35H,8-9H2,1-7H3. The molecular formula is C48H50O6S2. The molecule has 0 fully saturated rings. The van der Waals surface area contributed by atoms with E-state index in [1.807, 2.05) is 62.4 Å². The molecule has 290 valence electrons. The molecule has 0 aliphatic carbocycles. The van der Waals surface area contributed by atoms with Gasteiger partial charge in [-0.1, -0.05) is 101 Å². The number of benzene rings is 6. The Kier molecular flexibility index (Phi) is 11.7. The van der Waals surface area contributed by atoms with Crippen molar-refractivity contribution in [3.05, 3.63) is 173 Å². The van der Waals surface area contributed by atoms with Crippen LogP contribution in [0, 0.1) is 6.92 Å². The van der Waals surface area contributed by atoms with Crippen LogP contribution in [0.2, 0.25) is 0 Å².